The number of hydrogen-bond acceptors (Lipinski definition) is 1. The quantitative estimate of drug-likeness (QED) is 0.674. The van der Waals surface area contributed by atoms with Gasteiger partial charge in [0.25, 0.3) is 0 Å². The van der Waals surface area contributed by atoms with E-state index in [-0.39, 0.29) is 5.16 Å². The van der Waals surface area contributed by atoms with Gasteiger partial charge < -0.3 is 4.89 Å². The molecule has 0 aliphatic heterocycles. The van der Waals surface area contributed by atoms with E-state index in [4.69, 9.17) is 0 Å². The smallest absolute Gasteiger partial charge is 0.206 e. The summed E-state index contributed by atoms with van der Waals surface area (Å²) in [6.07, 6.45) is 3.72. The van der Waals surface area contributed by atoms with Crippen LogP contribution < -0.4 is 0 Å². The maximum absolute atomic E-state index is 12.1. The number of hydrogen-bond donors (Lipinski definition) is 1. The van der Waals surface area contributed by atoms with E-state index in [1.54, 1.807) is 0 Å². The molecule has 0 amide bonds. The van der Waals surface area contributed by atoms with Crippen LogP contribution in [-0.4, -0.2) is 16.2 Å². The second kappa shape index (κ2) is 5.17. The van der Waals surface area contributed by atoms with Gasteiger partial charge in [-0.15, -0.1) is 0 Å². The van der Waals surface area contributed by atoms with Crippen LogP contribution in [0.1, 0.15) is 53.4 Å². The van der Waals surface area contributed by atoms with Gasteiger partial charge in [0, 0.05) is 11.3 Å². The number of rotatable bonds is 6. The van der Waals surface area contributed by atoms with E-state index >= 15 is 0 Å². The topological polar surface area (TPSA) is 37.3 Å². The van der Waals surface area contributed by atoms with E-state index in [1.165, 1.54) is 0 Å². The first-order chi connectivity index (χ1) is 5.99. The standard InChI is InChI=1S/C10H23O2P/c1-5-9-13(11,12)10(6-2,7-3)8-4/h5-9H2,1-4H3,(H,11,12). The molecule has 1 atom stereocenters. The lowest BCUT2D eigenvalue weighted by molar-refractivity contribution is 0.392. The second-order valence-electron chi connectivity index (χ2n) is 3.71. The lowest BCUT2D eigenvalue weighted by Gasteiger charge is -2.35. The Bertz CT molecular complexity index is 177. The van der Waals surface area contributed by atoms with Gasteiger partial charge in [0.2, 0.25) is 7.37 Å². The maximum atomic E-state index is 12.1. The molecule has 0 fully saturated rings. The van der Waals surface area contributed by atoms with Gasteiger partial charge in [-0.3, -0.25) is 4.57 Å². The average molecular weight is 206 g/mol. The van der Waals surface area contributed by atoms with Crippen LogP contribution in [0.5, 0.6) is 0 Å². The van der Waals surface area contributed by atoms with Crippen molar-refractivity contribution in [3.63, 3.8) is 0 Å². The fourth-order valence-corrected chi connectivity index (χ4v) is 4.59. The van der Waals surface area contributed by atoms with Crippen LogP contribution >= 0.6 is 7.37 Å². The average Bonchev–Trinajstić information content (AvgIpc) is 2.07. The first-order valence-electron chi connectivity index (χ1n) is 5.31. The Morgan fingerprint density at radius 1 is 1.08 bits per heavy atom. The molecule has 0 aromatic carbocycles. The summed E-state index contributed by atoms with van der Waals surface area (Å²) in [5.74, 6) is 0. The first-order valence-corrected chi connectivity index (χ1v) is 7.16. The summed E-state index contributed by atoms with van der Waals surface area (Å²) in [4.78, 5) is 9.98. The predicted molar refractivity (Wildman–Crippen MR) is 58.6 cm³/mol. The molecule has 0 aliphatic rings. The van der Waals surface area contributed by atoms with Crippen LogP contribution in [0.25, 0.3) is 0 Å². The zero-order valence-electron chi connectivity index (χ0n) is 9.34. The largest absolute Gasteiger partial charge is 0.344 e. The predicted octanol–water partition coefficient (Wildman–Crippen LogP) is 3.64. The second-order valence-corrected chi connectivity index (χ2v) is 6.51. The Morgan fingerprint density at radius 3 is 1.69 bits per heavy atom. The van der Waals surface area contributed by atoms with Gasteiger partial charge in [0.1, 0.15) is 0 Å². The van der Waals surface area contributed by atoms with E-state index in [9.17, 15) is 9.46 Å². The normalized spacial score (nSPS) is 17.0. The summed E-state index contributed by atoms with van der Waals surface area (Å²) < 4.78 is 12.1. The van der Waals surface area contributed by atoms with Crippen molar-refractivity contribution in [2.24, 2.45) is 0 Å². The molecule has 0 rings (SSSR count). The SMILES string of the molecule is CCCP(=O)(O)C(CC)(CC)CC. The monoisotopic (exact) mass is 206 g/mol. The molecular formula is C10H23O2P. The van der Waals surface area contributed by atoms with Gasteiger partial charge in [-0.2, -0.15) is 0 Å². The van der Waals surface area contributed by atoms with Crippen LogP contribution in [0.2, 0.25) is 0 Å². The fraction of sp³-hybridized carbons (Fsp3) is 1.00. The minimum Gasteiger partial charge on any atom is -0.344 e. The van der Waals surface area contributed by atoms with E-state index < -0.39 is 7.37 Å². The molecule has 0 heterocycles. The Kier molecular flexibility index (Phi) is 5.24. The van der Waals surface area contributed by atoms with Gasteiger partial charge >= 0.3 is 0 Å². The van der Waals surface area contributed by atoms with E-state index in [0.717, 1.165) is 25.7 Å². The molecule has 80 valence electrons. The zero-order valence-corrected chi connectivity index (χ0v) is 10.2. The van der Waals surface area contributed by atoms with Crippen molar-refractivity contribution < 1.29 is 9.46 Å². The summed E-state index contributed by atoms with van der Waals surface area (Å²) in [6.45, 7) is 8.02. The van der Waals surface area contributed by atoms with Crippen LogP contribution in [-0.2, 0) is 4.57 Å². The highest BCUT2D eigenvalue weighted by Crippen LogP contribution is 2.59. The molecule has 1 unspecified atom stereocenters. The van der Waals surface area contributed by atoms with E-state index in [0.29, 0.717) is 6.16 Å². The molecule has 0 spiro atoms. The van der Waals surface area contributed by atoms with Crippen molar-refractivity contribution in [1.29, 1.82) is 0 Å². The van der Waals surface area contributed by atoms with Crippen molar-refractivity contribution in [3.8, 4) is 0 Å². The summed E-state index contributed by atoms with van der Waals surface area (Å²) >= 11 is 0. The minimum absolute atomic E-state index is 0.316. The van der Waals surface area contributed by atoms with E-state index in [2.05, 4.69) is 0 Å². The van der Waals surface area contributed by atoms with Crippen molar-refractivity contribution in [2.45, 2.75) is 58.5 Å². The lowest BCUT2D eigenvalue weighted by Crippen LogP contribution is -2.27. The fourth-order valence-electron chi connectivity index (χ4n) is 2.03. The van der Waals surface area contributed by atoms with Crippen LogP contribution in [0.15, 0.2) is 0 Å². The van der Waals surface area contributed by atoms with Gasteiger partial charge in [0.15, 0.2) is 0 Å². The summed E-state index contributed by atoms with van der Waals surface area (Å²) in [6, 6.07) is 0. The Labute approximate surface area is 82.2 Å². The van der Waals surface area contributed by atoms with Crippen LogP contribution in [0.3, 0.4) is 0 Å². The summed E-state index contributed by atoms with van der Waals surface area (Å²) in [5, 5.41) is -0.316. The van der Waals surface area contributed by atoms with Gasteiger partial charge in [-0.05, 0) is 25.7 Å². The Morgan fingerprint density at radius 2 is 1.46 bits per heavy atom. The molecule has 0 aromatic heterocycles. The Hall–Kier alpha value is 0.190. The van der Waals surface area contributed by atoms with Gasteiger partial charge in [-0.25, -0.2) is 0 Å². The molecule has 1 N–H and O–H groups in total. The molecule has 3 heteroatoms. The van der Waals surface area contributed by atoms with Crippen molar-refractivity contribution >= 4 is 7.37 Å². The van der Waals surface area contributed by atoms with Crippen LogP contribution in [0, 0.1) is 0 Å². The third-order valence-electron chi connectivity index (χ3n) is 3.24. The van der Waals surface area contributed by atoms with Crippen molar-refractivity contribution in [2.75, 3.05) is 6.16 Å². The Balaban J connectivity index is 4.80. The third-order valence-corrected chi connectivity index (χ3v) is 6.73. The highest BCUT2D eigenvalue weighted by Gasteiger charge is 2.41. The third kappa shape index (κ3) is 2.57. The summed E-state index contributed by atoms with van der Waals surface area (Å²) in [7, 11) is -2.93. The maximum Gasteiger partial charge on any atom is 0.206 e. The molecule has 0 aliphatic carbocycles. The first kappa shape index (κ1) is 13.2. The molecule has 0 radical (unpaired) electrons. The van der Waals surface area contributed by atoms with Gasteiger partial charge in [0.05, 0.1) is 0 Å². The molecule has 0 bridgehead atoms. The summed E-state index contributed by atoms with van der Waals surface area (Å²) in [5.41, 5.74) is 0. The molecule has 0 saturated heterocycles. The molecule has 2 nitrogen and oxygen atoms in total. The van der Waals surface area contributed by atoms with Crippen molar-refractivity contribution in [3.05, 3.63) is 0 Å². The van der Waals surface area contributed by atoms with Crippen LogP contribution in [0.4, 0.5) is 0 Å². The molecule has 13 heavy (non-hydrogen) atoms. The zero-order chi connectivity index (χ0) is 10.5. The molecule has 0 saturated carbocycles. The van der Waals surface area contributed by atoms with Crippen molar-refractivity contribution in [1.82, 2.24) is 0 Å². The molecule has 0 aromatic rings. The van der Waals surface area contributed by atoms with E-state index in [1.807, 2.05) is 27.7 Å². The van der Waals surface area contributed by atoms with Gasteiger partial charge in [-0.1, -0.05) is 27.7 Å². The highest BCUT2D eigenvalue weighted by molar-refractivity contribution is 7.59. The molecular weight excluding hydrogens is 183 g/mol. The minimum atomic E-state index is -2.93. The lowest BCUT2D eigenvalue weighted by atomic mass is 9.99. The highest BCUT2D eigenvalue weighted by atomic mass is 31.2.